The predicted molar refractivity (Wildman–Crippen MR) is 92.4 cm³/mol. The zero-order valence-electron chi connectivity index (χ0n) is 15.3. The minimum Gasteiger partial charge on any atom is -0.472 e. The molecule has 6 unspecified atom stereocenters. The van der Waals surface area contributed by atoms with E-state index in [1.807, 2.05) is 13.0 Å². The van der Waals surface area contributed by atoms with Crippen LogP contribution in [0.1, 0.15) is 58.9 Å². The molecule has 1 aromatic rings. The molecule has 0 aromatic carbocycles. The van der Waals surface area contributed by atoms with E-state index in [2.05, 4.69) is 20.8 Å². The molecule has 24 heavy (non-hydrogen) atoms. The summed E-state index contributed by atoms with van der Waals surface area (Å²) in [6, 6.07) is 1.92. The van der Waals surface area contributed by atoms with Crippen LogP contribution in [0.15, 0.2) is 23.0 Å². The van der Waals surface area contributed by atoms with Gasteiger partial charge in [0.05, 0.1) is 30.3 Å². The van der Waals surface area contributed by atoms with Crippen molar-refractivity contribution in [3.05, 3.63) is 24.2 Å². The highest BCUT2D eigenvalue weighted by Gasteiger charge is 2.66. The summed E-state index contributed by atoms with van der Waals surface area (Å²) in [5, 5.41) is 33.4. The summed E-state index contributed by atoms with van der Waals surface area (Å²) in [5.41, 5.74) is -0.453. The molecule has 0 radical (unpaired) electrons. The van der Waals surface area contributed by atoms with Gasteiger partial charge < -0.3 is 19.7 Å². The normalized spacial score (nSPS) is 45.0. The fourth-order valence-electron chi connectivity index (χ4n) is 5.99. The fraction of sp³-hybridized carbons (Fsp3) is 0.800. The van der Waals surface area contributed by atoms with E-state index in [0.29, 0.717) is 12.8 Å². The van der Waals surface area contributed by atoms with Crippen molar-refractivity contribution < 1.29 is 19.7 Å². The minimum absolute atomic E-state index is 0.100. The van der Waals surface area contributed by atoms with Crippen LogP contribution in [0.3, 0.4) is 0 Å². The quantitative estimate of drug-likeness (QED) is 0.793. The van der Waals surface area contributed by atoms with Crippen molar-refractivity contribution in [3.63, 3.8) is 0 Å². The fourth-order valence-corrected chi connectivity index (χ4v) is 5.99. The second kappa shape index (κ2) is 5.86. The number of fused-ring (bicyclic) bond motifs is 1. The molecular formula is C20H32O4. The van der Waals surface area contributed by atoms with Gasteiger partial charge in [-0.15, -0.1) is 0 Å². The average Bonchev–Trinajstić information content (AvgIpc) is 3.02. The van der Waals surface area contributed by atoms with Crippen LogP contribution < -0.4 is 0 Å². The van der Waals surface area contributed by atoms with Gasteiger partial charge in [0.2, 0.25) is 0 Å². The van der Waals surface area contributed by atoms with Gasteiger partial charge in [0.25, 0.3) is 0 Å². The monoisotopic (exact) mass is 336 g/mol. The van der Waals surface area contributed by atoms with Gasteiger partial charge in [-0.2, -0.15) is 0 Å². The first-order valence-electron chi connectivity index (χ1n) is 9.23. The van der Waals surface area contributed by atoms with E-state index in [0.717, 1.165) is 24.8 Å². The van der Waals surface area contributed by atoms with Gasteiger partial charge in [-0.3, -0.25) is 0 Å². The molecule has 2 aliphatic carbocycles. The van der Waals surface area contributed by atoms with Crippen LogP contribution in [-0.4, -0.2) is 33.1 Å². The number of rotatable bonds is 3. The maximum absolute atomic E-state index is 11.8. The molecule has 3 N–H and O–H groups in total. The first-order valence-corrected chi connectivity index (χ1v) is 9.23. The van der Waals surface area contributed by atoms with Crippen LogP contribution in [0.4, 0.5) is 0 Å². The van der Waals surface area contributed by atoms with Gasteiger partial charge in [-0.05, 0) is 42.7 Å². The van der Waals surface area contributed by atoms with Crippen molar-refractivity contribution >= 4 is 0 Å². The number of hydrogen-bond donors (Lipinski definition) is 3. The molecule has 3 rings (SSSR count). The molecule has 1 heterocycles. The summed E-state index contributed by atoms with van der Waals surface area (Å²) < 4.78 is 5.15. The molecule has 0 amide bonds. The largest absolute Gasteiger partial charge is 0.472 e. The third-order valence-corrected chi connectivity index (χ3v) is 7.37. The van der Waals surface area contributed by atoms with Crippen LogP contribution >= 0.6 is 0 Å². The zero-order chi connectivity index (χ0) is 17.8. The molecule has 0 aliphatic heterocycles. The third-order valence-electron chi connectivity index (χ3n) is 7.37. The van der Waals surface area contributed by atoms with E-state index < -0.39 is 23.2 Å². The maximum Gasteiger partial charge on any atom is 0.0934 e. The Labute approximate surface area is 144 Å². The molecule has 4 heteroatoms. The maximum atomic E-state index is 11.8. The Morgan fingerprint density at radius 3 is 2.50 bits per heavy atom. The first kappa shape index (κ1) is 18.0. The average molecular weight is 336 g/mol. The standard InChI is InChI=1S/C20H32O4/c1-13-15(21)16(22)17-18(2,3)8-5-9-19(17,4)20(13,23)10-6-14-7-11-24-12-14/h7,11-13,15-17,21-23H,5-6,8-10H2,1-4H3. The molecular weight excluding hydrogens is 304 g/mol. The van der Waals surface area contributed by atoms with Gasteiger partial charge in [-0.1, -0.05) is 34.1 Å². The van der Waals surface area contributed by atoms with E-state index in [9.17, 15) is 15.3 Å². The number of aryl methyl sites for hydroxylation is 1. The van der Waals surface area contributed by atoms with Crippen molar-refractivity contribution in [1.82, 2.24) is 0 Å². The second-order valence-corrected chi connectivity index (χ2v) is 9.06. The van der Waals surface area contributed by atoms with Gasteiger partial charge in [0, 0.05) is 17.3 Å². The second-order valence-electron chi connectivity index (χ2n) is 9.06. The van der Waals surface area contributed by atoms with E-state index >= 15 is 0 Å². The lowest BCUT2D eigenvalue weighted by Crippen LogP contribution is -2.70. The van der Waals surface area contributed by atoms with Crippen molar-refractivity contribution in [2.24, 2.45) is 22.7 Å². The Bertz CT molecular complexity index is 566. The Morgan fingerprint density at radius 1 is 1.17 bits per heavy atom. The molecule has 136 valence electrons. The van der Waals surface area contributed by atoms with E-state index in [1.54, 1.807) is 12.5 Å². The van der Waals surface area contributed by atoms with Crippen molar-refractivity contribution in [2.45, 2.75) is 77.6 Å². The number of hydrogen-bond acceptors (Lipinski definition) is 4. The van der Waals surface area contributed by atoms with Crippen LogP contribution in [-0.2, 0) is 6.42 Å². The minimum atomic E-state index is -1.01. The molecule has 6 atom stereocenters. The Morgan fingerprint density at radius 2 is 1.88 bits per heavy atom. The van der Waals surface area contributed by atoms with E-state index in [4.69, 9.17) is 4.42 Å². The summed E-state index contributed by atoms with van der Waals surface area (Å²) in [7, 11) is 0. The highest BCUT2D eigenvalue weighted by molar-refractivity contribution is 5.17. The lowest BCUT2D eigenvalue weighted by molar-refractivity contribution is -0.277. The number of aliphatic hydroxyl groups excluding tert-OH is 2. The lowest BCUT2D eigenvalue weighted by Gasteiger charge is -2.65. The summed E-state index contributed by atoms with van der Waals surface area (Å²) in [4.78, 5) is 0. The molecule has 1 aromatic heterocycles. The SMILES string of the molecule is CC1C(O)C(O)C2C(C)(C)CCCC2(C)C1(O)CCc1ccoc1. The predicted octanol–water partition coefficient (Wildman–Crippen LogP) is 3.15. The number of aliphatic hydroxyl groups is 3. The summed E-state index contributed by atoms with van der Waals surface area (Å²) in [6.45, 7) is 8.33. The van der Waals surface area contributed by atoms with Gasteiger partial charge >= 0.3 is 0 Å². The molecule has 0 spiro atoms. The lowest BCUT2D eigenvalue weighted by atomic mass is 9.43. The summed E-state index contributed by atoms with van der Waals surface area (Å²) >= 11 is 0. The smallest absolute Gasteiger partial charge is 0.0934 e. The molecule has 0 saturated heterocycles. The molecule has 2 aliphatic rings. The Kier molecular flexibility index (Phi) is 4.38. The number of furan rings is 1. The van der Waals surface area contributed by atoms with Gasteiger partial charge in [0.15, 0.2) is 0 Å². The molecule has 2 fully saturated rings. The highest BCUT2D eigenvalue weighted by Crippen LogP contribution is 2.63. The topological polar surface area (TPSA) is 73.8 Å². The van der Waals surface area contributed by atoms with Gasteiger partial charge in [-0.25, -0.2) is 0 Å². The molecule has 2 saturated carbocycles. The van der Waals surface area contributed by atoms with Crippen LogP contribution in [0.2, 0.25) is 0 Å². The Hall–Kier alpha value is -0.840. The van der Waals surface area contributed by atoms with E-state index in [1.165, 1.54) is 0 Å². The third kappa shape index (κ3) is 2.46. The zero-order valence-corrected chi connectivity index (χ0v) is 15.3. The first-order chi connectivity index (χ1) is 11.1. The van der Waals surface area contributed by atoms with Crippen LogP contribution in [0.25, 0.3) is 0 Å². The van der Waals surface area contributed by atoms with Crippen LogP contribution in [0.5, 0.6) is 0 Å². The van der Waals surface area contributed by atoms with Crippen molar-refractivity contribution in [3.8, 4) is 0 Å². The molecule has 4 nitrogen and oxygen atoms in total. The van der Waals surface area contributed by atoms with Gasteiger partial charge in [0.1, 0.15) is 0 Å². The summed E-state index contributed by atoms with van der Waals surface area (Å²) in [6.07, 6.45) is 5.92. The van der Waals surface area contributed by atoms with Crippen molar-refractivity contribution in [2.75, 3.05) is 0 Å². The summed E-state index contributed by atoms with van der Waals surface area (Å²) in [5.74, 6) is -0.478. The van der Waals surface area contributed by atoms with Crippen molar-refractivity contribution in [1.29, 1.82) is 0 Å². The molecule has 0 bridgehead atoms. The highest BCUT2D eigenvalue weighted by atomic mass is 16.3. The Balaban J connectivity index is 1.98. The van der Waals surface area contributed by atoms with E-state index in [-0.39, 0.29) is 17.3 Å². The van der Waals surface area contributed by atoms with Crippen LogP contribution in [0, 0.1) is 22.7 Å².